The van der Waals surface area contributed by atoms with E-state index in [0.29, 0.717) is 13.0 Å². The van der Waals surface area contributed by atoms with Gasteiger partial charge in [-0.1, -0.05) is 12.1 Å². The maximum atomic E-state index is 12.1. The van der Waals surface area contributed by atoms with E-state index in [1.54, 1.807) is 24.3 Å². The number of hydrogen-bond acceptors (Lipinski definition) is 4. The van der Waals surface area contributed by atoms with Crippen LogP contribution in [-0.2, 0) is 11.3 Å². The number of hydrogen-bond donors (Lipinski definition) is 2. The number of nitrogens with two attached hydrogens (primary N) is 1. The molecule has 0 radical (unpaired) electrons. The number of amides is 1. The smallest absolute Gasteiger partial charge is 0.233 e. The fraction of sp³-hybridized carbons (Fsp3) is 0.417. The maximum Gasteiger partial charge on any atom is 0.233 e. The topological polar surface area (TPSA) is 91.8 Å². The van der Waals surface area contributed by atoms with Crippen LogP contribution in [0.25, 0.3) is 0 Å². The number of carbonyl (C=O) groups is 1. The SMILES string of the molecule is CCC(C(=O)N(C)Cc1ccncc1)/C(N)=N/O. The predicted molar refractivity (Wildman–Crippen MR) is 67.9 cm³/mol. The predicted octanol–water partition coefficient (Wildman–Crippen LogP) is 0.813. The lowest BCUT2D eigenvalue weighted by Gasteiger charge is -2.22. The summed E-state index contributed by atoms with van der Waals surface area (Å²) in [5.74, 6) is -0.796. The summed E-state index contributed by atoms with van der Waals surface area (Å²) in [6.07, 6.45) is 3.85. The Morgan fingerprint density at radius 1 is 1.56 bits per heavy atom. The second kappa shape index (κ2) is 6.58. The molecule has 1 heterocycles. The molecule has 6 nitrogen and oxygen atoms in total. The van der Waals surface area contributed by atoms with E-state index in [9.17, 15) is 4.79 Å². The van der Waals surface area contributed by atoms with Crippen LogP contribution in [0, 0.1) is 5.92 Å². The Bertz CT molecular complexity index is 419. The van der Waals surface area contributed by atoms with Crippen LogP contribution in [0.15, 0.2) is 29.7 Å². The summed E-state index contributed by atoms with van der Waals surface area (Å²) >= 11 is 0. The van der Waals surface area contributed by atoms with Gasteiger partial charge in [0, 0.05) is 26.0 Å². The highest BCUT2D eigenvalue weighted by molar-refractivity contribution is 6.01. The van der Waals surface area contributed by atoms with Crippen molar-refractivity contribution in [1.29, 1.82) is 0 Å². The number of carbonyl (C=O) groups excluding carboxylic acids is 1. The fourth-order valence-electron chi connectivity index (χ4n) is 1.69. The summed E-state index contributed by atoms with van der Waals surface area (Å²) in [6.45, 7) is 2.29. The normalized spacial score (nSPS) is 13.1. The van der Waals surface area contributed by atoms with Gasteiger partial charge in [0.1, 0.15) is 0 Å². The zero-order valence-corrected chi connectivity index (χ0v) is 10.6. The first-order valence-electron chi connectivity index (χ1n) is 5.71. The van der Waals surface area contributed by atoms with Crippen LogP contribution in [0.4, 0.5) is 0 Å². The number of aromatic nitrogens is 1. The highest BCUT2D eigenvalue weighted by atomic mass is 16.4. The first-order chi connectivity index (χ1) is 8.60. The van der Waals surface area contributed by atoms with Crippen molar-refractivity contribution in [2.24, 2.45) is 16.8 Å². The molecular weight excluding hydrogens is 232 g/mol. The Hall–Kier alpha value is -2.11. The summed E-state index contributed by atoms with van der Waals surface area (Å²) in [7, 11) is 1.69. The van der Waals surface area contributed by atoms with Gasteiger partial charge < -0.3 is 15.8 Å². The summed E-state index contributed by atoms with van der Waals surface area (Å²) in [4.78, 5) is 17.6. The molecule has 0 spiro atoms. The first kappa shape index (κ1) is 14.0. The summed E-state index contributed by atoms with van der Waals surface area (Å²) in [5.41, 5.74) is 6.48. The highest BCUT2D eigenvalue weighted by Gasteiger charge is 2.24. The third-order valence-electron chi connectivity index (χ3n) is 2.72. The zero-order chi connectivity index (χ0) is 13.5. The van der Waals surface area contributed by atoms with Gasteiger partial charge in [0.25, 0.3) is 0 Å². The Morgan fingerprint density at radius 3 is 2.67 bits per heavy atom. The number of rotatable bonds is 5. The monoisotopic (exact) mass is 250 g/mol. The number of pyridine rings is 1. The molecule has 1 amide bonds. The molecular formula is C12H18N4O2. The molecule has 1 aromatic rings. The molecule has 0 aromatic carbocycles. The van der Waals surface area contributed by atoms with Crippen molar-refractivity contribution in [3.63, 3.8) is 0 Å². The molecule has 0 aliphatic rings. The second-order valence-electron chi connectivity index (χ2n) is 4.04. The van der Waals surface area contributed by atoms with Gasteiger partial charge in [0.15, 0.2) is 5.84 Å². The summed E-state index contributed by atoms with van der Waals surface area (Å²) < 4.78 is 0. The van der Waals surface area contributed by atoms with Gasteiger partial charge in [-0.05, 0) is 24.1 Å². The fourth-order valence-corrected chi connectivity index (χ4v) is 1.69. The number of oxime groups is 1. The van der Waals surface area contributed by atoms with E-state index < -0.39 is 5.92 Å². The van der Waals surface area contributed by atoms with Crippen molar-refractivity contribution >= 4 is 11.7 Å². The average Bonchev–Trinajstić information content (AvgIpc) is 2.40. The lowest BCUT2D eigenvalue weighted by molar-refractivity contribution is -0.132. The molecule has 18 heavy (non-hydrogen) atoms. The second-order valence-corrected chi connectivity index (χ2v) is 4.04. The Morgan fingerprint density at radius 2 is 2.17 bits per heavy atom. The van der Waals surface area contributed by atoms with E-state index in [1.165, 1.54) is 0 Å². The molecule has 0 bridgehead atoms. The van der Waals surface area contributed by atoms with Gasteiger partial charge in [0.2, 0.25) is 5.91 Å². The Kier molecular flexibility index (Phi) is 5.10. The van der Waals surface area contributed by atoms with Crippen molar-refractivity contribution in [3.05, 3.63) is 30.1 Å². The van der Waals surface area contributed by atoms with Crippen LogP contribution in [-0.4, -0.2) is 33.9 Å². The van der Waals surface area contributed by atoms with Gasteiger partial charge in [-0.25, -0.2) is 0 Å². The Labute approximate surface area is 106 Å². The lowest BCUT2D eigenvalue weighted by Crippen LogP contribution is -2.39. The first-order valence-corrected chi connectivity index (χ1v) is 5.71. The van der Waals surface area contributed by atoms with Crippen LogP contribution in [0.2, 0.25) is 0 Å². The molecule has 98 valence electrons. The number of amidine groups is 1. The minimum atomic E-state index is -0.582. The molecule has 0 saturated carbocycles. The van der Waals surface area contributed by atoms with Crippen molar-refractivity contribution in [1.82, 2.24) is 9.88 Å². The molecule has 1 rings (SSSR count). The van der Waals surface area contributed by atoms with Gasteiger partial charge in [-0.3, -0.25) is 9.78 Å². The zero-order valence-electron chi connectivity index (χ0n) is 10.6. The Balaban J connectivity index is 2.71. The molecule has 3 N–H and O–H groups in total. The number of nitrogens with zero attached hydrogens (tertiary/aromatic N) is 3. The van der Waals surface area contributed by atoms with E-state index in [0.717, 1.165) is 5.56 Å². The van der Waals surface area contributed by atoms with Crippen LogP contribution >= 0.6 is 0 Å². The van der Waals surface area contributed by atoms with Crippen molar-refractivity contribution in [3.8, 4) is 0 Å². The van der Waals surface area contributed by atoms with Crippen LogP contribution < -0.4 is 5.73 Å². The maximum absolute atomic E-state index is 12.1. The highest BCUT2D eigenvalue weighted by Crippen LogP contribution is 2.10. The van der Waals surface area contributed by atoms with Crippen LogP contribution in [0.1, 0.15) is 18.9 Å². The molecule has 1 aromatic heterocycles. The van der Waals surface area contributed by atoms with E-state index in [-0.39, 0.29) is 11.7 Å². The standard InChI is InChI=1S/C12H18N4O2/c1-3-10(11(13)15-18)12(17)16(2)8-9-4-6-14-7-5-9/h4-7,10,18H,3,8H2,1-2H3,(H2,13,15). The van der Waals surface area contributed by atoms with E-state index in [1.807, 2.05) is 19.1 Å². The molecule has 0 saturated heterocycles. The van der Waals surface area contributed by atoms with Gasteiger partial charge in [0.05, 0.1) is 5.92 Å². The molecule has 0 aliphatic heterocycles. The minimum Gasteiger partial charge on any atom is -0.409 e. The largest absolute Gasteiger partial charge is 0.409 e. The summed E-state index contributed by atoms with van der Waals surface area (Å²) in [5, 5.41) is 11.5. The quantitative estimate of drug-likeness (QED) is 0.350. The van der Waals surface area contributed by atoms with Gasteiger partial charge in [-0.2, -0.15) is 0 Å². The van der Waals surface area contributed by atoms with Crippen molar-refractivity contribution < 1.29 is 10.0 Å². The van der Waals surface area contributed by atoms with Crippen molar-refractivity contribution in [2.45, 2.75) is 19.9 Å². The molecule has 1 unspecified atom stereocenters. The van der Waals surface area contributed by atoms with Crippen LogP contribution in [0.3, 0.4) is 0 Å². The van der Waals surface area contributed by atoms with Gasteiger partial charge in [-0.15, -0.1) is 0 Å². The van der Waals surface area contributed by atoms with Crippen molar-refractivity contribution in [2.75, 3.05) is 7.05 Å². The van der Waals surface area contributed by atoms with E-state index in [4.69, 9.17) is 10.9 Å². The lowest BCUT2D eigenvalue weighted by atomic mass is 10.0. The van der Waals surface area contributed by atoms with E-state index in [2.05, 4.69) is 10.1 Å². The third-order valence-corrected chi connectivity index (χ3v) is 2.72. The molecule has 1 atom stereocenters. The molecule has 6 heteroatoms. The minimum absolute atomic E-state index is 0.0518. The third kappa shape index (κ3) is 3.44. The molecule has 0 aliphatic carbocycles. The van der Waals surface area contributed by atoms with Gasteiger partial charge >= 0.3 is 0 Å². The summed E-state index contributed by atoms with van der Waals surface area (Å²) in [6, 6.07) is 3.68. The van der Waals surface area contributed by atoms with Crippen LogP contribution in [0.5, 0.6) is 0 Å². The molecule has 0 fully saturated rings. The average molecular weight is 250 g/mol. The van der Waals surface area contributed by atoms with E-state index >= 15 is 0 Å².